The third-order valence-electron chi connectivity index (χ3n) is 1.79. The van der Waals surface area contributed by atoms with Crippen LogP contribution < -0.4 is 9.47 Å². The molecule has 17 heavy (non-hydrogen) atoms. The van der Waals surface area contributed by atoms with Gasteiger partial charge in [0.15, 0.2) is 13.6 Å². The van der Waals surface area contributed by atoms with Gasteiger partial charge in [-0.1, -0.05) is 0 Å². The van der Waals surface area contributed by atoms with E-state index >= 15 is 0 Å². The van der Waals surface area contributed by atoms with Gasteiger partial charge in [-0.25, -0.2) is 0 Å². The van der Waals surface area contributed by atoms with Crippen LogP contribution in [0.25, 0.3) is 0 Å². The highest BCUT2D eigenvalue weighted by atomic mass is 35.5. The third kappa shape index (κ3) is 4.60. The molecule has 0 aliphatic carbocycles. The molecule has 0 unspecified atom stereocenters. The first-order valence-electron chi connectivity index (χ1n) is 4.75. The number of methoxy groups -OCH3 is 2. The maximum Gasteiger partial charge on any atom is 0.252 e. The van der Waals surface area contributed by atoms with E-state index in [1.165, 1.54) is 26.4 Å². The Balaban J connectivity index is 2.88. The van der Waals surface area contributed by atoms with Crippen molar-refractivity contribution in [2.24, 2.45) is 0 Å². The zero-order valence-corrected chi connectivity index (χ0v) is 10.3. The quantitative estimate of drug-likeness (QED) is 0.555. The van der Waals surface area contributed by atoms with E-state index in [2.05, 4.69) is 0 Å². The predicted octanol–water partition coefficient (Wildman–Crippen LogP) is 2.03. The normalized spacial score (nSPS) is 10.1. The third-order valence-corrected chi connectivity index (χ3v) is 2.01. The maximum absolute atomic E-state index is 11.1. The molecule has 0 amide bonds. The van der Waals surface area contributed by atoms with Gasteiger partial charge >= 0.3 is 0 Å². The molecule has 1 aromatic rings. The fraction of sp³-hybridized carbons (Fsp3) is 0.364. The van der Waals surface area contributed by atoms with E-state index in [4.69, 9.17) is 30.5 Å². The van der Waals surface area contributed by atoms with Crippen LogP contribution in [0.1, 0.15) is 10.4 Å². The first-order chi connectivity index (χ1) is 8.17. The molecule has 0 aliphatic rings. The van der Waals surface area contributed by atoms with E-state index < -0.39 is 5.24 Å². The molecule has 0 saturated heterocycles. The Labute approximate surface area is 104 Å². The summed E-state index contributed by atoms with van der Waals surface area (Å²) in [6.45, 7) is 0.146. The fourth-order valence-electron chi connectivity index (χ4n) is 1.11. The average molecular weight is 261 g/mol. The minimum atomic E-state index is -0.588. The Morgan fingerprint density at radius 1 is 1.06 bits per heavy atom. The van der Waals surface area contributed by atoms with Gasteiger partial charge in [-0.2, -0.15) is 0 Å². The summed E-state index contributed by atoms with van der Waals surface area (Å²) in [5.74, 6) is 0.869. The molecule has 0 heterocycles. The summed E-state index contributed by atoms with van der Waals surface area (Å²) in [4.78, 5) is 11.1. The molecule has 0 fully saturated rings. The highest BCUT2D eigenvalue weighted by Gasteiger charge is 2.08. The van der Waals surface area contributed by atoms with Gasteiger partial charge in [-0.3, -0.25) is 4.79 Å². The summed E-state index contributed by atoms with van der Waals surface area (Å²) in [6, 6.07) is 4.63. The van der Waals surface area contributed by atoms with Crippen molar-refractivity contribution < 1.29 is 23.7 Å². The van der Waals surface area contributed by atoms with Crippen LogP contribution in [-0.2, 0) is 9.47 Å². The monoisotopic (exact) mass is 260 g/mol. The Morgan fingerprint density at radius 2 is 1.53 bits per heavy atom. The number of rotatable bonds is 7. The second-order valence-corrected chi connectivity index (χ2v) is 3.41. The van der Waals surface area contributed by atoms with Gasteiger partial charge in [0.25, 0.3) is 5.24 Å². The summed E-state index contributed by atoms with van der Waals surface area (Å²) in [5.41, 5.74) is 0.284. The van der Waals surface area contributed by atoms with Crippen molar-refractivity contribution in [3.05, 3.63) is 23.8 Å². The van der Waals surface area contributed by atoms with Crippen LogP contribution in [0.5, 0.6) is 11.5 Å². The summed E-state index contributed by atoms with van der Waals surface area (Å²) in [5, 5.41) is -0.588. The second-order valence-electron chi connectivity index (χ2n) is 3.07. The number of halogens is 1. The summed E-state index contributed by atoms with van der Waals surface area (Å²) in [6.07, 6.45) is 0. The molecule has 1 aromatic carbocycles. The van der Waals surface area contributed by atoms with Crippen LogP contribution >= 0.6 is 11.6 Å². The van der Waals surface area contributed by atoms with Crippen LogP contribution in [-0.4, -0.2) is 33.0 Å². The van der Waals surface area contributed by atoms with Crippen LogP contribution in [0.15, 0.2) is 18.2 Å². The van der Waals surface area contributed by atoms with E-state index in [-0.39, 0.29) is 19.1 Å². The first-order valence-corrected chi connectivity index (χ1v) is 5.13. The molecular formula is C11H13ClO5. The topological polar surface area (TPSA) is 54.0 Å². The summed E-state index contributed by atoms with van der Waals surface area (Å²) >= 11 is 5.40. The molecule has 0 bridgehead atoms. The van der Waals surface area contributed by atoms with Gasteiger partial charge in [0.1, 0.15) is 11.5 Å². The van der Waals surface area contributed by atoms with Crippen molar-refractivity contribution in [1.82, 2.24) is 0 Å². The summed E-state index contributed by atoms with van der Waals surface area (Å²) in [7, 11) is 3.00. The molecule has 5 nitrogen and oxygen atoms in total. The maximum atomic E-state index is 11.1. The molecule has 0 aliphatic heterocycles. The number of benzene rings is 1. The Morgan fingerprint density at radius 3 is 1.88 bits per heavy atom. The lowest BCUT2D eigenvalue weighted by molar-refractivity contribution is 0.0459. The average Bonchev–Trinajstić information content (AvgIpc) is 2.33. The van der Waals surface area contributed by atoms with Crippen LogP contribution in [0.4, 0.5) is 0 Å². The van der Waals surface area contributed by atoms with Gasteiger partial charge in [-0.05, 0) is 23.7 Å². The number of hydrogen-bond donors (Lipinski definition) is 0. The first kappa shape index (κ1) is 13.8. The smallest absolute Gasteiger partial charge is 0.252 e. The summed E-state index contributed by atoms with van der Waals surface area (Å²) < 4.78 is 19.9. The SMILES string of the molecule is COCOc1cc(OCOC)cc(C(=O)Cl)c1. The van der Waals surface area contributed by atoms with Crippen molar-refractivity contribution in [2.75, 3.05) is 27.8 Å². The lowest BCUT2D eigenvalue weighted by Crippen LogP contribution is -2.03. The van der Waals surface area contributed by atoms with Crippen LogP contribution in [0.3, 0.4) is 0 Å². The number of carbonyl (C=O) groups excluding carboxylic acids is 1. The van der Waals surface area contributed by atoms with Gasteiger partial charge in [-0.15, -0.1) is 0 Å². The molecule has 0 radical (unpaired) electrons. The standard InChI is InChI=1S/C11H13ClO5/c1-14-6-16-9-3-8(11(12)13)4-10(5-9)17-7-15-2/h3-5H,6-7H2,1-2H3. The lowest BCUT2D eigenvalue weighted by atomic mass is 10.2. The highest BCUT2D eigenvalue weighted by molar-refractivity contribution is 6.67. The molecule has 1 rings (SSSR count). The van der Waals surface area contributed by atoms with Crippen molar-refractivity contribution in [3.8, 4) is 11.5 Å². The fourth-order valence-corrected chi connectivity index (χ4v) is 1.21. The van der Waals surface area contributed by atoms with Gasteiger partial charge in [0.05, 0.1) is 0 Å². The molecule has 0 atom stereocenters. The Hall–Kier alpha value is -1.30. The zero-order valence-electron chi connectivity index (χ0n) is 9.57. The van der Waals surface area contributed by atoms with E-state index in [9.17, 15) is 4.79 Å². The molecule has 0 aromatic heterocycles. The number of ether oxygens (including phenoxy) is 4. The van der Waals surface area contributed by atoms with E-state index in [0.29, 0.717) is 11.5 Å². The molecule has 0 saturated carbocycles. The Bertz CT molecular complexity index is 354. The molecule has 6 heteroatoms. The second kappa shape index (κ2) is 7.11. The minimum Gasteiger partial charge on any atom is -0.467 e. The molecule has 0 N–H and O–H groups in total. The number of hydrogen-bond acceptors (Lipinski definition) is 5. The zero-order chi connectivity index (χ0) is 12.7. The van der Waals surface area contributed by atoms with Gasteiger partial charge < -0.3 is 18.9 Å². The van der Waals surface area contributed by atoms with Gasteiger partial charge in [0.2, 0.25) is 0 Å². The largest absolute Gasteiger partial charge is 0.467 e. The van der Waals surface area contributed by atoms with Crippen molar-refractivity contribution in [1.29, 1.82) is 0 Å². The molecular weight excluding hydrogens is 248 g/mol. The highest BCUT2D eigenvalue weighted by Crippen LogP contribution is 2.24. The van der Waals surface area contributed by atoms with E-state index in [0.717, 1.165) is 0 Å². The predicted molar refractivity (Wildman–Crippen MR) is 61.6 cm³/mol. The number of carbonyl (C=O) groups is 1. The van der Waals surface area contributed by atoms with Crippen molar-refractivity contribution in [2.45, 2.75) is 0 Å². The lowest BCUT2D eigenvalue weighted by Gasteiger charge is -2.09. The van der Waals surface area contributed by atoms with E-state index in [1.807, 2.05) is 0 Å². The van der Waals surface area contributed by atoms with Crippen LogP contribution in [0, 0.1) is 0 Å². The Kier molecular flexibility index (Phi) is 5.76. The minimum absolute atomic E-state index is 0.0731. The van der Waals surface area contributed by atoms with Crippen LogP contribution in [0.2, 0.25) is 0 Å². The van der Waals surface area contributed by atoms with Crippen molar-refractivity contribution >= 4 is 16.8 Å². The molecule has 0 spiro atoms. The van der Waals surface area contributed by atoms with E-state index in [1.54, 1.807) is 6.07 Å². The van der Waals surface area contributed by atoms with Crippen molar-refractivity contribution in [3.63, 3.8) is 0 Å². The van der Waals surface area contributed by atoms with Gasteiger partial charge in [0, 0.05) is 25.8 Å². The molecule has 94 valence electrons.